The van der Waals surface area contributed by atoms with E-state index in [-0.39, 0.29) is 5.39 Å². The van der Waals surface area contributed by atoms with Crippen molar-refractivity contribution in [3.63, 3.8) is 0 Å². The predicted molar refractivity (Wildman–Crippen MR) is 112 cm³/mol. The van der Waals surface area contributed by atoms with E-state index in [1.807, 2.05) is 0 Å². The van der Waals surface area contributed by atoms with Gasteiger partial charge in [-0.3, -0.25) is 0 Å². The van der Waals surface area contributed by atoms with Crippen LogP contribution >= 0.6 is 0 Å². The van der Waals surface area contributed by atoms with Gasteiger partial charge < -0.3 is 9.47 Å². The fourth-order valence-corrected chi connectivity index (χ4v) is 5.06. The standard InChI is InChI=1S/C25H31F3O2/c1-2-3-16-4-6-17(7-5-16)8-9-18-14-29-25(30-15-18)19-10-11-21-20(12-19)13-22(26)24(28)23(21)27/h10-13,16-18,25H,2-9,14-15H2,1H3. The summed E-state index contributed by atoms with van der Waals surface area (Å²) in [5.74, 6) is -1.63. The molecule has 0 unspecified atom stereocenters. The molecule has 1 aliphatic heterocycles. The van der Waals surface area contributed by atoms with E-state index in [0.29, 0.717) is 30.1 Å². The van der Waals surface area contributed by atoms with Gasteiger partial charge in [0.1, 0.15) is 0 Å². The van der Waals surface area contributed by atoms with Gasteiger partial charge in [-0.25, -0.2) is 13.2 Å². The van der Waals surface area contributed by atoms with E-state index in [4.69, 9.17) is 9.47 Å². The summed E-state index contributed by atoms with van der Waals surface area (Å²) in [7, 11) is 0. The summed E-state index contributed by atoms with van der Waals surface area (Å²) in [4.78, 5) is 0. The van der Waals surface area contributed by atoms with Crippen LogP contribution in [0.4, 0.5) is 13.2 Å². The third-order valence-electron chi connectivity index (χ3n) is 6.88. The zero-order valence-corrected chi connectivity index (χ0v) is 17.6. The quantitative estimate of drug-likeness (QED) is 0.456. The first-order valence-corrected chi connectivity index (χ1v) is 11.4. The van der Waals surface area contributed by atoms with Gasteiger partial charge in [0.2, 0.25) is 0 Å². The Kier molecular flexibility index (Phi) is 6.99. The van der Waals surface area contributed by atoms with Crippen molar-refractivity contribution in [1.29, 1.82) is 0 Å². The highest BCUT2D eigenvalue weighted by atomic mass is 19.2. The molecule has 0 amide bonds. The molecule has 30 heavy (non-hydrogen) atoms. The number of halogens is 3. The lowest BCUT2D eigenvalue weighted by molar-refractivity contribution is -0.206. The van der Waals surface area contributed by atoms with Gasteiger partial charge in [-0.15, -0.1) is 0 Å². The molecule has 2 fully saturated rings. The molecular weight excluding hydrogens is 389 g/mol. The van der Waals surface area contributed by atoms with Crippen LogP contribution in [-0.4, -0.2) is 13.2 Å². The number of hydrogen-bond acceptors (Lipinski definition) is 2. The molecule has 1 saturated carbocycles. The molecule has 1 saturated heterocycles. The van der Waals surface area contributed by atoms with Gasteiger partial charge in [0.05, 0.1) is 13.2 Å². The first-order chi connectivity index (χ1) is 14.5. The topological polar surface area (TPSA) is 18.5 Å². The van der Waals surface area contributed by atoms with E-state index in [1.54, 1.807) is 12.1 Å². The lowest BCUT2D eigenvalue weighted by Crippen LogP contribution is -2.28. The van der Waals surface area contributed by atoms with Crippen LogP contribution < -0.4 is 0 Å². The molecule has 2 aromatic rings. The summed E-state index contributed by atoms with van der Waals surface area (Å²) in [6.45, 7) is 3.52. The maximum Gasteiger partial charge on any atom is 0.195 e. The molecule has 0 bridgehead atoms. The lowest BCUT2D eigenvalue weighted by atomic mass is 9.77. The highest BCUT2D eigenvalue weighted by Crippen LogP contribution is 2.36. The zero-order chi connectivity index (χ0) is 21.1. The maximum atomic E-state index is 13.9. The van der Waals surface area contributed by atoms with Gasteiger partial charge in [-0.05, 0) is 35.8 Å². The molecule has 164 valence electrons. The Bertz CT molecular complexity index is 853. The largest absolute Gasteiger partial charge is 0.348 e. The van der Waals surface area contributed by atoms with Crippen LogP contribution in [0.15, 0.2) is 24.3 Å². The molecule has 5 heteroatoms. The number of rotatable bonds is 6. The second kappa shape index (κ2) is 9.69. The van der Waals surface area contributed by atoms with Crippen molar-refractivity contribution in [2.24, 2.45) is 17.8 Å². The van der Waals surface area contributed by atoms with Gasteiger partial charge >= 0.3 is 0 Å². The molecular formula is C25H31F3O2. The summed E-state index contributed by atoms with van der Waals surface area (Å²) in [5, 5.41) is 0.358. The number of fused-ring (bicyclic) bond motifs is 1. The molecule has 0 aromatic heterocycles. The molecule has 2 aliphatic rings. The van der Waals surface area contributed by atoms with Crippen LogP contribution in [0, 0.1) is 35.2 Å². The van der Waals surface area contributed by atoms with Crippen LogP contribution in [0.3, 0.4) is 0 Å². The molecule has 0 spiro atoms. The molecule has 0 atom stereocenters. The Morgan fingerprint density at radius 1 is 0.800 bits per heavy atom. The van der Waals surface area contributed by atoms with Crippen molar-refractivity contribution >= 4 is 10.8 Å². The smallest absolute Gasteiger partial charge is 0.195 e. The Morgan fingerprint density at radius 2 is 1.43 bits per heavy atom. The van der Waals surface area contributed by atoms with E-state index in [9.17, 15) is 13.2 Å². The third-order valence-corrected chi connectivity index (χ3v) is 6.88. The van der Waals surface area contributed by atoms with Gasteiger partial charge in [-0.2, -0.15) is 0 Å². The summed E-state index contributed by atoms with van der Waals surface area (Å²) in [6.07, 6.45) is 9.94. The van der Waals surface area contributed by atoms with Crippen LogP contribution in [0.1, 0.15) is 70.1 Å². The van der Waals surface area contributed by atoms with Crippen molar-refractivity contribution in [2.45, 2.75) is 64.6 Å². The first kappa shape index (κ1) is 21.6. The summed E-state index contributed by atoms with van der Waals surface area (Å²) < 4.78 is 52.7. The minimum atomic E-state index is -1.44. The van der Waals surface area contributed by atoms with E-state index in [2.05, 4.69) is 6.92 Å². The highest BCUT2D eigenvalue weighted by molar-refractivity contribution is 5.84. The zero-order valence-electron chi connectivity index (χ0n) is 17.6. The number of benzene rings is 2. The Balaban J connectivity index is 1.28. The molecule has 1 aliphatic carbocycles. The molecule has 1 heterocycles. The molecule has 2 nitrogen and oxygen atoms in total. The van der Waals surface area contributed by atoms with Crippen LogP contribution in [-0.2, 0) is 9.47 Å². The Morgan fingerprint density at radius 3 is 2.10 bits per heavy atom. The minimum Gasteiger partial charge on any atom is -0.348 e. The van der Waals surface area contributed by atoms with Gasteiger partial charge in [0, 0.05) is 16.9 Å². The van der Waals surface area contributed by atoms with E-state index < -0.39 is 23.7 Å². The average Bonchev–Trinajstić information content (AvgIpc) is 2.77. The van der Waals surface area contributed by atoms with E-state index in [0.717, 1.165) is 24.3 Å². The van der Waals surface area contributed by atoms with Crippen molar-refractivity contribution in [3.8, 4) is 0 Å². The van der Waals surface area contributed by atoms with Crippen molar-refractivity contribution in [2.75, 3.05) is 13.2 Å². The van der Waals surface area contributed by atoms with Crippen LogP contribution in [0.2, 0.25) is 0 Å². The Hall–Kier alpha value is -1.59. The summed E-state index contributed by atoms with van der Waals surface area (Å²) in [5.41, 5.74) is 0.695. The average molecular weight is 421 g/mol. The fraction of sp³-hybridized carbons (Fsp3) is 0.600. The molecule has 2 aromatic carbocycles. The van der Waals surface area contributed by atoms with Crippen molar-refractivity contribution in [3.05, 3.63) is 47.3 Å². The first-order valence-electron chi connectivity index (χ1n) is 11.4. The molecule has 4 rings (SSSR count). The van der Waals surface area contributed by atoms with Crippen molar-refractivity contribution < 1.29 is 22.6 Å². The molecule has 0 radical (unpaired) electrons. The van der Waals surface area contributed by atoms with Gasteiger partial charge in [0.15, 0.2) is 23.7 Å². The highest BCUT2D eigenvalue weighted by Gasteiger charge is 2.26. The maximum absolute atomic E-state index is 13.9. The van der Waals surface area contributed by atoms with E-state index >= 15 is 0 Å². The van der Waals surface area contributed by atoms with E-state index in [1.165, 1.54) is 51.0 Å². The second-order valence-electron chi connectivity index (χ2n) is 9.08. The van der Waals surface area contributed by atoms with Gasteiger partial charge in [0.25, 0.3) is 0 Å². The SMILES string of the molecule is CCCC1CCC(CCC2COC(c3ccc4c(F)c(F)c(F)cc4c3)OC2)CC1. The third kappa shape index (κ3) is 4.83. The second-order valence-corrected chi connectivity index (χ2v) is 9.08. The number of ether oxygens (including phenoxy) is 2. The monoisotopic (exact) mass is 420 g/mol. The van der Waals surface area contributed by atoms with Crippen LogP contribution in [0.5, 0.6) is 0 Å². The summed E-state index contributed by atoms with van der Waals surface area (Å²) in [6, 6.07) is 5.73. The molecule has 0 N–H and O–H groups in total. The van der Waals surface area contributed by atoms with Gasteiger partial charge in [-0.1, -0.05) is 64.0 Å². The summed E-state index contributed by atoms with van der Waals surface area (Å²) >= 11 is 0. The lowest BCUT2D eigenvalue weighted by Gasteiger charge is -2.32. The Labute approximate surface area is 176 Å². The van der Waals surface area contributed by atoms with Crippen molar-refractivity contribution in [1.82, 2.24) is 0 Å². The minimum absolute atomic E-state index is 0.0555. The fourth-order valence-electron chi connectivity index (χ4n) is 5.06. The van der Waals surface area contributed by atoms with Crippen LogP contribution in [0.25, 0.3) is 10.8 Å². The predicted octanol–water partition coefficient (Wildman–Crippen LogP) is 7.31. The number of hydrogen-bond donors (Lipinski definition) is 0. The normalized spacial score (nSPS) is 27.5.